The van der Waals surface area contributed by atoms with Crippen LogP contribution in [0, 0.1) is 6.92 Å². The van der Waals surface area contributed by atoms with E-state index in [1.54, 1.807) is 25.1 Å². The van der Waals surface area contributed by atoms with Gasteiger partial charge in [0.25, 0.3) is 5.91 Å². The number of carbonyl (C=O) groups excluding carboxylic acids is 1. The van der Waals surface area contributed by atoms with Crippen LogP contribution in [-0.2, 0) is 5.41 Å². The molecule has 0 aliphatic carbocycles. The molecule has 26 heavy (non-hydrogen) atoms. The SMILES string of the molecule is Cc1cc(Nc2ccc(C(=O)Nc3ccccc3C(C)(C)C)nn2)no1. The first kappa shape index (κ1) is 17.6. The Hall–Kier alpha value is -3.22. The molecule has 0 saturated carbocycles. The molecule has 0 saturated heterocycles. The van der Waals surface area contributed by atoms with E-state index < -0.39 is 0 Å². The Kier molecular flexibility index (Phi) is 4.71. The van der Waals surface area contributed by atoms with Crippen LogP contribution >= 0.6 is 0 Å². The second-order valence-corrected chi connectivity index (χ2v) is 7.00. The topological polar surface area (TPSA) is 92.9 Å². The van der Waals surface area contributed by atoms with Gasteiger partial charge in [-0.2, -0.15) is 0 Å². The Labute approximate surface area is 151 Å². The van der Waals surface area contributed by atoms with E-state index >= 15 is 0 Å². The third-order valence-electron chi connectivity index (χ3n) is 3.76. The van der Waals surface area contributed by atoms with Crippen molar-refractivity contribution in [1.29, 1.82) is 0 Å². The van der Waals surface area contributed by atoms with Crippen molar-refractivity contribution in [3.8, 4) is 0 Å². The van der Waals surface area contributed by atoms with E-state index in [1.807, 2.05) is 24.3 Å². The van der Waals surface area contributed by atoms with Crippen LogP contribution < -0.4 is 10.6 Å². The lowest BCUT2D eigenvalue weighted by Gasteiger charge is -2.22. The zero-order valence-corrected chi connectivity index (χ0v) is 15.2. The van der Waals surface area contributed by atoms with Crippen molar-refractivity contribution in [2.24, 2.45) is 0 Å². The predicted octanol–water partition coefficient (Wildman–Crippen LogP) is 4.07. The fourth-order valence-corrected chi connectivity index (χ4v) is 2.51. The van der Waals surface area contributed by atoms with Crippen molar-refractivity contribution in [3.05, 3.63) is 59.5 Å². The van der Waals surface area contributed by atoms with Crippen LogP contribution in [0.15, 0.2) is 47.0 Å². The van der Waals surface area contributed by atoms with Crippen LogP contribution in [-0.4, -0.2) is 21.3 Å². The fraction of sp³-hybridized carbons (Fsp3) is 0.263. The summed E-state index contributed by atoms with van der Waals surface area (Å²) in [6, 6.07) is 12.8. The highest BCUT2D eigenvalue weighted by Gasteiger charge is 2.19. The number of hydrogen-bond donors (Lipinski definition) is 2. The minimum Gasteiger partial charge on any atom is -0.360 e. The van der Waals surface area contributed by atoms with Gasteiger partial charge in [-0.05, 0) is 36.1 Å². The quantitative estimate of drug-likeness (QED) is 0.736. The molecule has 7 nitrogen and oxygen atoms in total. The number of aromatic nitrogens is 3. The first-order valence-electron chi connectivity index (χ1n) is 8.28. The van der Waals surface area contributed by atoms with Gasteiger partial charge >= 0.3 is 0 Å². The second-order valence-electron chi connectivity index (χ2n) is 7.00. The third-order valence-corrected chi connectivity index (χ3v) is 3.76. The van der Waals surface area contributed by atoms with Crippen molar-refractivity contribution in [2.45, 2.75) is 33.1 Å². The van der Waals surface area contributed by atoms with Crippen LogP contribution in [0.1, 0.15) is 42.6 Å². The normalized spacial score (nSPS) is 11.2. The Morgan fingerprint density at radius 1 is 1.04 bits per heavy atom. The molecule has 1 aromatic carbocycles. The van der Waals surface area contributed by atoms with Crippen LogP contribution in [0.3, 0.4) is 0 Å². The van der Waals surface area contributed by atoms with Crippen molar-refractivity contribution in [1.82, 2.24) is 15.4 Å². The number of nitrogens with zero attached hydrogens (tertiary/aromatic N) is 3. The van der Waals surface area contributed by atoms with Gasteiger partial charge in [-0.1, -0.05) is 44.1 Å². The minimum absolute atomic E-state index is 0.0843. The van der Waals surface area contributed by atoms with Gasteiger partial charge in [-0.3, -0.25) is 4.79 Å². The van der Waals surface area contributed by atoms with Crippen LogP contribution in [0.4, 0.5) is 17.3 Å². The zero-order chi connectivity index (χ0) is 18.7. The van der Waals surface area contributed by atoms with Gasteiger partial charge in [-0.15, -0.1) is 10.2 Å². The van der Waals surface area contributed by atoms with Crippen LogP contribution in [0.25, 0.3) is 0 Å². The molecule has 0 unspecified atom stereocenters. The van der Waals surface area contributed by atoms with Crippen LogP contribution in [0.2, 0.25) is 0 Å². The first-order valence-corrected chi connectivity index (χ1v) is 8.28. The van der Waals surface area contributed by atoms with E-state index in [0.29, 0.717) is 17.4 Å². The molecule has 0 fully saturated rings. The number of amides is 1. The van der Waals surface area contributed by atoms with Gasteiger partial charge in [0.2, 0.25) is 0 Å². The number of benzene rings is 1. The maximum Gasteiger partial charge on any atom is 0.276 e. The largest absolute Gasteiger partial charge is 0.360 e. The van der Waals surface area contributed by atoms with Gasteiger partial charge in [0.05, 0.1) is 0 Å². The van der Waals surface area contributed by atoms with Gasteiger partial charge in [0.15, 0.2) is 17.3 Å². The summed E-state index contributed by atoms with van der Waals surface area (Å²) < 4.78 is 4.98. The van der Waals surface area contributed by atoms with E-state index in [4.69, 9.17) is 4.52 Å². The summed E-state index contributed by atoms with van der Waals surface area (Å²) in [5, 5.41) is 17.7. The molecular weight excluding hydrogens is 330 g/mol. The standard InChI is InChI=1S/C19H21N5O2/c1-12-11-17(24-26-12)21-16-10-9-15(22-23-16)18(25)20-14-8-6-5-7-13(14)19(2,3)4/h5-11H,1-4H3,(H,20,25)(H,21,23,24). The summed E-state index contributed by atoms with van der Waals surface area (Å²) in [6.45, 7) is 8.10. The molecule has 0 aliphatic rings. The molecule has 0 bridgehead atoms. The van der Waals surface area contributed by atoms with Gasteiger partial charge < -0.3 is 15.2 Å². The Morgan fingerprint density at radius 3 is 2.42 bits per heavy atom. The molecule has 0 spiro atoms. The molecule has 2 heterocycles. The van der Waals surface area contributed by atoms with E-state index in [9.17, 15) is 4.79 Å². The zero-order valence-electron chi connectivity index (χ0n) is 15.2. The Morgan fingerprint density at radius 2 is 1.81 bits per heavy atom. The molecule has 0 aliphatic heterocycles. The minimum atomic E-state index is -0.307. The predicted molar refractivity (Wildman–Crippen MR) is 99.6 cm³/mol. The molecule has 3 aromatic rings. The number of nitrogens with one attached hydrogen (secondary N) is 2. The lowest BCUT2D eigenvalue weighted by molar-refractivity contribution is 0.102. The van der Waals surface area contributed by atoms with Gasteiger partial charge in [0, 0.05) is 11.8 Å². The van der Waals surface area contributed by atoms with E-state index in [2.05, 4.69) is 46.8 Å². The summed E-state index contributed by atoms with van der Waals surface area (Å²) >= 11 is 0. The highest BCUT2D eigenvalue weighted by Crippen LogP contribution is 2.29. The lowest BCUT2D eigenvalue weighted by Crippen LogP contribution is -2.19. The number of hydrogen-bond acceptors (Lipinski definition) is 6. The average molecular weight is 351 g/mol. The van der Waals surface area contributed by atoms with E-state index in [-0.39, 0.29) is 17.0 Å². The fourth-order valence-electron chi connectivity index (χ4n) is 2.51. The van der Waals surface area contributed by atoms with E-state index in [0.717, 1.165) is 11.3 Å². The number of carbonyl (C=O) groups is 1. The van der Waals surface area contributed by atoms with Crippen molar-refractivity contribution >= 4 is 23.2 Å². The summed E-state index contributed by atoms with van der Waals surface area (Å²) in [6.07, 6.45) is 0. The molecule has 2 N–H and O–H groups in total. The molecule has 0 radical (unpaired) electrons. The highest BCUT2D eigenvalue weighted by atomic mass is 16.5. The number of anilines is 3. The summed E-state index contributed by atoms with van der Waals surface area (Å²) in [4.78, 5) is 12.5. The molecule has 0 atom stereocenters. The Bertz CT molecular complexity index is 910. The monoisotopic (exact) mass is 351 g/mol. The molecule has 134 valence electrons. The Balaban J connectivity index is 1.73. The van der Waals surface area contributed by atoms with E-state index in [1.165, 1.54) is 0 Å². The lowest BCUT2D eigenvalue weighted by atomic mass is 9.86. The molecule has 3 rings (SSSR count). The summed E-state index contributed by atoms with van der Waals surface area (Å²) in [7, 11) is 0. The first-order chi connectivity index (χ1) is 12.3. The molecule has 2 aromatic heterocycles. The number of aryl methyl sites for hydroxylation is 1. The molecule has 1 amide bonds. The average Bonchev–Trinajstić information content (AvgIpc) is 3.00. The highest BCUT2D eigenvalue weighted by molar-refractivity contribution is 6.03. The summed E-state index contributed by atoms with van der Waals surface area (Å²) in [5.41, 5.74) is 1.97. The van der Waals surface area contributed by atoms with Gasteiger partial charge in [-0.25, -0.2) is 0 Å². The summed E-state index contributed by atoms with van der Waals surface area (Å²) in [5.74, 6) is 1.39. The molecular formula is C19H21N5O2. The maximum absolute atomic E-state index is 12.5. The second kappa shape index (κ2) is 6.95. The van der Waals surface area contributed by atoms with Crippen LogP contribution in [0.5, 0.6) is 0 Å². The number of para-hydroxylation sites is 1. The molecule has 7 heteroatoms. The third kappa shape index (κ3) is 4.05. The smallest absolute Gasteiger partial charge is 0.276 e. The van der Waals surface area contributed by atoms with Crippen molar-refractivity contribution in [2.75, 3.05) is 10.6 Å². The number of rotatable bonds is 4. The van der Waals surface area contributed by atoms with Crippen molar-refractivity contribution < 1.29 is 9.32 Å². The maximum atomic E-state index is 12.5. The van der Waals surface area contributed by atoms with Crippen molar-refractivity contribution in [3.63, 3.8) is 0 Å². The van der Waals surface area contributed by atoms with Gasteiger partial charge in [0.1, 0.15) is 5.76 Å².